The zero-order chi connectivity index (χ0) is 13.1. The largest absolute Gasteiger partial charge is 0.330 e. The van der Waals surface area contributed by atoms with Crippen LogP contribution >= 0.6 is 0 Å². The van der Waals surface area contributed by atoms with Crippen LogP contribution in [0.4, 0.5) is 0 Å². The summed E-state index contributed by atoms with van der Waals surface area (Å²) in [4.78, 5) is 9.42. The minimum atomic E-state index is 0.282. The molecule has 0 bridgehead atoms. The van der Waals surface area contributed by atoms with E-state index in [0.717, 1.165) is 11.5 Å². The van der Waals surface area contributed by atoms with Crippen molar-refractivity contribution in [2.45, 2.75) is 58.3 Å². The molecule has 1 aliphatic rings. The Morgan fingerprint density at radius 2 is 1.94 bits per heavy atom. The lowest BCUT2D eigenvalue weighted by Crippen LogP contribution is -2.21. The Balaban J connectivity index is 2.30. The Hall–Kier alpha value is -0.960. The van der Waals surface area contributed by atoms with E-state index in [1.54, 1.807) is 0 Å². The summed E-state index contributed by atoms with van der Waals surface area (Å²) < 4.78 is 0. The topological polar surface area (TPSA) is 51.8 Å². The van der Waals surface area contributed by atoms with Crippen LogP contribution < -0.4 is 5.73 Å². The summed E-state index contributed by atoms with van der Waals surface area (Å²) in [6.07, 6.45) is 5.25. The highest BCUT2D eigenvalue weighted by molar-refractivity contribution is 5.17. The highest BCUT2D eigenvalue weighted by Gasteiger charge is 2.22. The number of hydrogen-bond acceptors (Lipinski definition) is 3. The first-order valence-electron chi connectivity index (χ1n) is 7.17. The molecule has 1 aromatic rings. The van der Waals surface area contributed by atoms with Crippen molar-refractivity contribution in [3.8, 4) is 0 Å². The number of hydrogen-bond donors (Lipinski definition) is 1. The lowest BCUT2D eigenvalue weighted by atomic mass is 9.94. The summed E-state index contributed by atoms with van der Waals surface area (Å²) in [5, 5.41) is 0. The summed E-state index contributed by atoms with van der Waals surface area (Å²) in [5.41, 5.74) is 8.21. The molecule has 1 heterocycles. The molecule has 1 aliphatic carbocycles. The third-order valence-corrected chi connectivity index (χ3v) is 4.06. The van der Waals surface area contributed by atoms with Gasteiger partial charge in [-0.3, -0.25) is 0 Å². The SMILES string of the molecule is Cc1cc(C2CCCC2)nc(C(CN)C(C)C)n1. The Bertz CT molecular complexity index is 395. The van der Waals surface area contributed by atoms with E-state index in [1.165, 1.54) is 31.4 Å². The quantitative estimate of drug-likeness (QED) is 0.889. The van der Waals surface area contributed by atoms with E-state index in [9.17, 15) is 0 Å². The van der Waals surface area contributed by atoms with Crippen LogP contribution in [0.25, 0.3) is 0 Å². The van der Waals surface area contributed by atoms with Gasteiger partial charge < -0.3 is 5.73 Å². The minimum absolute atomic E-state index is 0.282. The molecular formula is C15H25N3. The number of aromatic nitrogens is 2. The van der Waals surface area contributed by atoms with Gasteiger partial charge in [0.2, 0.25) is 0 Å². The highest BCUT2D eigenvalue weighted by atomic mass is 14.9. The van der Waals surface area contributed by atoms with E-state index >= 15 is 0 Å². The monoisotopic (exact) mass is 247 g/mol. The molecule has 1 unspecified atom stereocenters. The summed E-state index contributed by atoms with van der Waals surface area (Å²) in [5.74, 6) is 2.38. The second-order valence-electron chi connectivity index (χ2n) is 5.86. The minimum Gasteiger partial charge on any atom is -0.330 e. The van der Waals surface area contributed by atoms with Gasteiger partial charge in [0.15, 0.2) is 0 Å². The van der Waals surface area contributed by atoms with Gasteiger partial charge in [0.05, 0.1) is 0 Å². The van der Waals surface area contributed by atoms with Crippen molar-refractivity contribution < 1.29 is 0 Å². The maximum absolute atomic E-state index is 5.88. The summed E-state index contributed by atoms with van der Waals surface area (Å²) in [6.45, 7) is 7.08. The standard InChI is InChI=1S/C15H25N3/c1-10(2)13(9-16)15-17-11(3)8-14(18-15)12-6-4-5-7-12/h8,10,12-13H,4-7,9,16H2,1-3H3. The maximum Gasteiger partial charge on any atom is 0.133 e. The molecule has 0 spiro atoms. The Morgan fingerprint density at radius 3 is 2.50 bits per heavy atom. The fourth-order valence-electron chi connectivity index (χ4n) is 2.89. The van der Waals surface area contributed by atoms with Crippen LogP contribution in [-0.4, -0.2) is 16.5 Å². The Morgan fingerprint density at radius 1 is 1.28 bits per heavy atom. The maximum atomic E-state index is 5.88. The second-order valence-corrected chi connectivity index (χ2v) is 5.86. The number of nitrogens with zero attached hydrogens (tertiary/aromatic N) is 2. The molecule has 1 atom stereocenters. The molecule has 0 radical (unpaired) electrons. The van der Waals surface area contributed by atoms with E-state index in [-0.39, 0.29) is 5.92 Å². The molecule has 2 N–H and O–H groups in total. The molecule has 3 heteroatoms. The molecule has 0 aromatic carbocycles. The van der Waals surface area contributed by atoms with Crippen LogP contribution in [0.3, 0.4) is 0 Å². The molecule has 0 aliphatic heterocycles. The van der Waals surface area contributed by atoms with Gasteiger partial charge in [0.25, 0.3) is 0 Å². The van der Waals surface area contributed by atoms with Crippen molar-refractivity contribution in [1.29, 1.82) is 0 Å². The molecule has 0 saturated heterocycles. The van der Waals surface area contributed by atoms with E-state index in [4.69, 9.17) is 10.7 Å². The molecule has 2 rings (SSSR count). The van der Waals surface area contributed by atoms with E-state index < -0.39 is 0 Å². The molecule has 1 saturated carbocycles. The first kappa shape index (κ1) is 13.5. The lowest BCUT2D eigenvalue weighted by molar-refractivity contribution is 0.478. The molecule has 1 aromatic heterocycles. The molecule has 100 valence electrons. The molecule has 0 amide bonds. The number of rotatable bonds is 4. The zero-order valence-electron chi connectivity index (χ0n) is 11.8. The highest BCUT2D eigenvalue weighted by Crippen LogP contribution is 2.34. The number of nitrogens with two attached hydrogens (primary N) is 1. The Labute approximate surface area is 110 Å². The molecule has 18 heavy (non-hydrogen) atoms. The van der Waals surface area contributed by atoms with Crippen LogP contribution in [0.5, 0.6) is 0 Å². The van der Waals surface area contributed by atoms with Gasteiger partial charge in [0.1, 0.15) is 5.82 Å². The van der Waals surface area contributed by atoms with Crippen LogP contribution in [-0.2, 0) is 0 Å². The lowest BCUT2D eigenvalue weighted by Gasteiger charge is -2.19. The van der Waals surface area contributed by atoms with Gasteiger partial charge in [-0.2, -0.15) is 0 Å². The van der Waals surface area contributed by atoms with Crippen LogP contribution in [0.1, 0.15) is 68.6 Å². The smallest absolute Gasteiger partial charge is 0.133 e. The fraction of sp³-hybridized carbons (Fsp3) is 0.733. The van der Waals surface area contributed by atoms with Crippen molar-refractivity contribution in [1.82, 2.24) is 9.97 Å². The normalized spacial score (nSPS) is 18.5. The average Bonchev–Trinajstić information content (AvgIpc) is 2.82. The van der Waals surface area contributed by atoms with Gasteiger partial charge in [-0.1, -0.05) is 26.7 Å². The van der Waals surface area contributed by atoms with E-state index in [2.05, 4.69) is 31.8 Å². The van der Waals surface area contributed by atoms with Crippen molar-refractivity contribution in [2.24, 2.45) is 11.7 Å². The van der Waals surface area contributed by atoms with Crippen molar-refractivity contribution in [3.63, 3.8) is 0 Å². The van der Waals surface area contributed by atoms with Crippen molar-refractivity contribution >= 4 is 0 Å². The van der Waals surface area contributed by atoms with Gasteiger partial charge in [-0.05, 0) is 31.7 Å². The first-order valence-corrected chi connectivity index (χ1v) is 7.17. The van der Waals surface area contributed by atoms with Gasteiger partial charge in [-0.25, -0.2) is 9.97 Å². The van der Waals surface area contributed by atoms with Crippen molar-refractivity contribution in [2.75, 3.05) is 6.54 Å². The predicted molar refractivity (Wildman–Crippen MR) is 74.6 cm³/mol. The van der Waals surface area contributed by atoms with Crippen LogP contribution in [0.2, 0.25) is 0 Å². The second kappa shape index (κ2) is 5.79. The first-order chi connectivity index (χ1) is 8.61. The molecule has 1 fully saturated rings. The van der Waals surface area contributed by atoms with Crippen LogP contribution in [0.15, 0.2) is 6.07 Å². The molecule has 3 nitrogen and oxygen atoms in total. The van der Waals surface area contributed by atoms with Crippen LogP contribution in [0, 0.1) is 12.8 Å². The van der Waals surface area contributed by atoms with Gasteiger partial charge >= 0.3 is 0 Å². The van der Waals surface area contributed by atoms with Crippen molar-refractivity contribution in [3.05, 3.63) is 23.3 Å². The summed E-state index contributed by atoms with van der Waals surface area (Å²) >= 11 is 0. The number of aryl methyl sites for hydroxylation is 1. The van der Waals surface area contributed by atoms with E-state index in [1.807, 2.05) is 0 Å². The Kier molecular flexibility index (Phi) is 4.33. The summed E-state index contributed by atoms with van der Waals surface area (Å²) in [6, 6.07) is 2.16. The third-order valence-electron chi connectivity index (χ3n) is 4.06. The zero-order valence-corrected chi connectivity index (χ0v) is 11.8. The summed E-state index contributed by atoms with van der Waals surface area (Å²) in [7, 11) is 0. The molecular weight excluding hydrogens is 222 g/mol. The fourth-order valence-corrected chi connectivity index (χ4v) is 2.89. The van der Waals surface area contributed by atoms with E-state index in [0.29, 0.717) is 18.4 Å². The predicted octanol–water partition coefficient (Wildman–Crippen LogP) is 3.14. The third kappa shape index (κ3) is 2.89. The average molecular weight is 247 g/mol. The van der Waals surface area contributed by atoms with Gasteiger partial charge in [0, 0.05) is 29.8 Å². The van der Waals surface area contributed by atoms with Gasteiger partial charge in [-0.15, -0.1) is 0 Å².